The Hall–Kier alpha value is -4.52. The van der Waals surface area contributed by atoms with Crippen molar-refractivity contribution in [3.63, 3.8) is 0 Å². The molecule has 5 aromatic rings. The first-order chi connectivity index (χ1) is 16.6. The van der Waals surface area contributed by atoms with Crippen LogP contribution in [0, 0.1) is 12.7 Å². The van der Waals surface area contributed by atoms with Crippen LogP contribution >= 0.6 is 0 Å². The van der Waals surface area contributed by atoms with Gasteiger partial charge in [-0.1, -0.05) is 12.1 Å². The Labute approximate surface area is 195 Å². The number of aryl methyl sites for hydroxylation is 1. The molecule has 3 aromatic heterocycles. The molecule has 0 aliphatic heterocycles. The van der Waals surface area contributed by atoms with Gasteiger partial charge in [-0.2, -0.15) is 0 Å². The van der Waals surface area contributed by atoms with Crippen LogP contribution in [0.3, 0.4) is 0 Å². The van der Waals surface area contributed by atoms with Crippen LogP contribution in [0.1, 0.15) is 33.4 Å². The van der Waals surface area contributed by atoms with Gasteiger partial charge in [-0.3, -0.25) is 9.78 Å². The molecule has 0 saturated heterocycles. The molecular weight excluding hydrogens is 429 g/mol. The van der Waals surface area contributed by atoms with E-state index in [1.54, 1.807) is 12.4 Å². The maximum Gasteiger partial charge on any atom is 0.255 e. The van der Waals surface area contributed by atoms with Crippen molar-refractivity contribution in [3.05, 3.63) is 120 Å². The number of fused-ring (bicyclic) bond motifs is 1. The summed E-state index contributed by atoms with van der Waals surface area (Å²) in [6.45, 7) is 2.02. The molecule has 0 fully saturated rings. The molecule has 5 rings (SSSR count). The highest BCUT2D eigenvalue weighted by Crippen LogP contribution is 2.34. The number of rotatable bonds is 6. The van der Waals surface area contributed by atoms with Crippen LogP contribution in [0.15, 0.2) is 91.3 Å². The summed E-state index contributed by atoms with van der Waals surface area (Å²) in [4.78, 5) is 25.1. The van der Waals surface area contributed by atoms with Crippen LogP contribution in [0.2, 0.25) is 0 Å². The van der Waals surface area contributed by atoms with Crippen LogP contribution < -0.4 is 10.6 Å². The topological polar surface area (TPSA) is 82.7 Å². The quantitative estimate of drug-likeness (QED) is 0.302. The van der Waals surface area contributed by atoms with E-state index in [-0.39, 0.29) is 17.8 Å². The number of carbonyl (C=O) groups is 1. The fraction of sp³-hybridized carbons (Fsp3) is 0.0741. The van der Waals surface area contributed by atoms with Gasteiger partial charge in [0.15, 0.2) is 0 Å². The second-order valence-electron chi connectivity index (χ2n) is 7.93. The third kappa shape index (κ3) is 4.36. The molecule has 7 heteroatoms. The number of carbonyl (C=O) groups excluding carboxylic acids is 1. The zero-order valence-electron chi connectivity index (χ0n) is 18.4. The number of anilines is 2. The number of amides is 1. The molecule has 0 saturated carbocycles. The zero-order valence-corrected chi connectivity index (χ0v) is 18.4. The maximum atomic E-state index is 13.2. The van der Waals surface area contributed by atoms with Gasteiger partial charge >= 0.3 is 0 Å². The first kappa shape index (κ1) is 21.3. The number of pyridine rings is 2. The predicted molar refractivity (Wildman–Crippen MR) is 131 cm³/mol. The lowest BCUT2D eigenvalue weighted by atomic mass is 9.99. The number of halogens is 1. The molecule has 2 aromatic carbocycles. The molecular formula is C27H22FN5O. The second-order valence-corrected chi connectivity index (χ2v) is 7.93. The predicted octanol–water partition coefficient (Wildman–Crippen LogP) is 5.86. The van der Waals surface area contributed by atoms with E-state index in [0.717, 1.165) is 33.7 Å². The standard InChI is InChI=1S/C27H22FN5O/c1-17-25(26(23-6-2-4-14-29-23)33-24-7-3-5-15-30-24)21-16-20(12-13-22(21)31-17)32-27(34)18-8-10-19(28)11-9-18/h2-16,26,31H,1H3,(H,30,33)(H,32,34). The molecule has 1 unspecified atom stereocenters. The van der Waals surface area contributed by atoms with Crippen molar-refractivity contribution >= 4 is 28.3 Å². The van der Waals surface area contributed by atoms with Gasteiger partial charge in [-0.15, -0.1) is 0 Å². The van der Waals surface area contributed by atoms with Gasteiger partial charge in [0.25, 0.3) is 5.91 Å². The molecule has 0 radical (unpaired) electrons. The summed E-state index contributed by atoms with van der Waals surface area (Å²) in [6, 6.07) is 22.4. The van der Waals surface area contributed by atoms with E-state index >= 15 is 0 Å². The van der Waals surface area contributed by atoms with Crippen molar-refractivity contribution in [2.45, 2.75) is 13.0 Å². The lowest BCUT2D eigenvalue weighted by Gasteiger charge is -2.20. The summed E-state index contributed by atoms with van der Waals surface area (Å²) < 4.78 is 13.2. The SMILES string of the molecule is Cc1[nH]c2ccc(NC(=O)c3ccc(F)cc3)cc2c1C(Nc1ccccn1)c1ccccn1. The third-order valence-corrected chi connectivity index (χ3v) is 5.63. The highest BCUT2D eigenvalue weighted by Gasteiger charge is 2.23. The number of aromatic amines is 1. The first-order valence-corrected chi connectivity index (χ1v) is 10.9. The monoisotopic (exact) mass is 451 g/mol. The van der Waals surface area contributed by atoms with Gasteiger partial charge in [0.05, 0.1) is 11.7 Å². The number of hydrogen-bond donors (Lipinski definition) is 3. The van der Waals surface area contributed by atoms with E-state index < -0.39 is 0 Å². The number of aromatic nitrogens is 3. The number of benzene rings is 2. The van der Waals surface area contributed by atoms with Gasteiger partial charge in [0, 0.05) is 45.8 Å². The van der Waals surface area contributed by atoms with E-state index in [0.29, 0.717) is 11.3 Å². The van der Waals surface area contributed by atoms with Crippen molar-refractivity contribution in [2.24, 2.45) is 0 Å². The van der Waals surface area contributed by atoms with Crippen molar-refractivity contribution in [3.8, 4) is 0 Å². The Morgan fingerprint density at radius 1 is 0.941 bits per heavy atom. The van der Waals surface area contributed by atoms with Gasteiger partial charge in [0.1, 0.15) is 11.6 Å². The average Bonchev–Trinajstić information content (AvgIpc) is 3.19. The number of nitrogens with zero attached hydrogens (tertiary/aromatic N) is 2. The minimum absolute atomic E-state index is 0.270. The molecule has 0 aliphatic rings. The van der Waals surface area contributed by atoms with Crippen LogP contribution in [-0.2, 0) is 0 Å². The largest absolute Gasteiger partial charge is 0.358 e. The van der Waals surface area contributed by atoms with E-state index in [2.05, 4.69) is 25.6 Å². The molecule has 34 heavy (non-hydrogen) atoms. The van der Waals surface area contributed by atoms with Gasteiger partial charge in [0.2, 0.25) is 0 Å². The summed E-state index contributed by atoms with van der Waals surface area (Å²) in [5.41, 5.74) is 4.80. The summed E-state index contributed by atoms with van der Waals surface area (Å²) in [5, 5.41) is 7.37. The normalized spacial score (nSPS) is 11.8. The Morgan fingerprint density at radius 2 is 1.71 bits per heavy atom. The zero-order chi connectivity index (χ0) is 23.5. The van der Waals surface area contributed by atoms with E-state index in [1.165, 1.54) is 24.3 Å². The third-order valence-electron chi connectivity index (χ3n) is 5.63. The molecule has 3 N–H and O–H groups in total. The molecule has 0 aliphatic carbocycles. The highest BCUT2D eigenvalue weighted by atomic mass is 19.1. The Balaban J connectivity index is 1.55. The Morgan fingerprint density at radius 3 is 2.41 bits per heavy atom. The fourth-order valence-electron chi connectivity index (χ4n) is 4.04. The fourth-order valence-corrected chi connectivity index (χ4v) is 4.04. The minimum atomic E-state index is -0.383. The number of nitrogens with one attached hydrogen (secondary N) is 3. The molecule has 6 nitrogen and oxygen atoms in total. The molecule has 1 amide bonds. The van der Waals surface area contributed by atoms with E-state index in [4.69, 9.17) is 0 Å². The lowest BCUT2D eigenvalue weighted by molar-refractivity contribution is 0.102. The van der Waals surface area contributed by atoms with E-state index in [1.807, 2.05) is 61.5 Å². The van der Waals surface area contributed by atoms with Gasteiger partial charge in [-0.05, 0) is 73.7 Å². The molecule has 3 heterocycles. The lowest BCUT2D eigenvalue weighted by Crippen LogP contribution is -2.15. The van der Waals surface area contributed by atoms with Gasteiger partial charge < -0.3 is 15.6 Å². The second kappa shape index (κ2) is 9.15. The summed E-state index contributed by atoms with van der Waals surface area (Å²) >= 11 is 0. The van der Waals surface area contributed by atoms with Crippen molar-refractivity contribution in [1.29, 1.82) is 0 Å². The van der Waals surface area contributed by atoms with Crippen LogP contribution in [-0.4, -0.2) is 20.9 Å². The first-order valence-electron chi connectivity index (χ1n) is 10.9. The Bertz CT molecular complexity index is 1430. The van der Waals surface area contributed by atoms with Crippen LogP contribution in [0.4, 0.5) is 15.9 Å². The summed E-state index contributed by atoms with van der Waals surface area (Å²) in [7, 11) is 0. The van der Waals surface area contributed by atoms with Crippen molar-refractivity contribution in [1.82, 2.24) is 15.0 Å². The Kier molecular flexibility index (Phi) is 5.74. The molecule has 1 atom stereocenters. The average molecular weight is 452 g/mol. The van der Waals surface area contributed by atoms with Gasteiger partial charge in [-0.25, -0.2) is 9.37 Å². The molecule has 0 spiro atoms. The smallest absolute Gasteiger partial charge is 0.255 e. The minimum Gasteiger partial charge on any atom is -0.358 e. The molecule has 168 valence electrons. The number of H-pyrrole nitrogens is 1. The maximum absolute atomic E-state index is 13.2. The van der Waals surface area contributed by atoms with E-state index in [9.17, 15) is 9.18 Å². The molecule has 0 bridgehead atoms. The van der Waals surface area contributed by atoms with Crippen molar-refractivity contribution < 1.29 is 9.18 Å². The number of hydrogen-bond acceptors (Lipinski definition) is 4. The van der Waals surface area contributed by atoms with Crippen LogP contribution in [0.25, 0.3) is 10.9 Å². The summed E-state index contributed by atoms with van der Waals surface area (Å²) in [6.07, 6.45) is 3.50. The van der Waals surface area contributed by atoms with Crippen LogP contribution in [0.5, 0.6) is 0 Å². The summed E-state index contributed by atoms with van der Waals surface area (Å²) in [5.74, 6) is 0.0418. The highest BCUT2D eigenvalue weighted by molar-refractivity contribution is 6.05. The van der Waals surface area contributed by atoms with Crippen molar-refractivity contribution in [2.75, 3.05) is 10.6 Å².